The highest BCUT2D eigenvalue weighted by Gasteiger charge is 2.26. The van der Waals surface area contributed by atoms with E-state index in [4.69, 9.17) is 0 Å². The van der Waals surface area contributed by atoms with E-state index >= 15 is 0 Å². The van der Waals surface area contributed by atoms with Gasteiger partial charge in [0, 0.05) is 19.3 Å². The van der Waals surface area contributed by atoms with Crippen molar-refractivity contribution in [2.45, 2.75) is 90.4 Å². The quantitative estimate of drug-likeness (QED) is 0.249. The summed E-state index contributed by atoms with van der Waals surface area (Å²) in [6.07, 6.45) is 18.2. The van der Waals surface area contributed by atoms with Crippen LogP contribution in [-0.2, 0) is 14.3 Å². The molecular weight excluding hydrogens is 300 g/mol. The van der Waals surface area contributed by atoms with Crippen molar-refractivity contribution in [3.8, 4) is 0 Å². The van der Waals surface area contributed by atoms with Crippen molar-refractivity contribution in [2.24, 2.45) is 11.8 Å². The first-order valence-electron chi connectivity index (χ1n) is 9.92. The Bertz CT molecular complexity index is 387. The number of hydrogen-bond donors (Lipinski definition) is 0. The lowest BCUT2D eigenvalue weighted by atomic mass is 9.89. The van der Waals surface area contributed by atoms with Gasteiger partial charge in [0.2, 0.25) is 0 Å². The zero-order valence-electron chi connectivity index (χ0n) is 15.7. The van der Waals surface area contributed by atoms with E-state index in [1.165, 1.54) is 58.5 Å². The summed E-state index contributed by atoms with van der Waals surface area (Å²) in [6.45, 7) is 2.24. The fourth-order valence-electron chi connectivity index (χ4n) is 3.62. The molecule has 3 heteroatoms. The van der Waals surface area contributed by atoms with E-state index in [1.807, 2.05) is 0 Å². The predicted molar refractivity (Wildman–Crippen MR) is 98.8 cm³/mol. The number of rotatable bonds is 13. The molecule has 24 heavy (non-hydrogen) atoms. The van der Waals surface area contributed by atoms with Crippen LogP contribution >= 0.6 is 0 Å². The monoisotopic (exact) mass is 336 g/mol. The molecule has 1 unspecified atom stereocenters. The van der Waals surface area contributed by atoms with Gasteiger partial charge in [0.15, 0.2) is 0 Å². The van der Waals surface area contributed by atoms with Crippen LogP contribution in [0.1, 0.15) is 90.4 Å². The largest absolute Gasteiger partial charge is 0.469 e. The maximum absolute atomic E-state index is 12.2. The molecule has 0 radical (unpaired) electrons. The molecule has 0 aromatic heterocycles. The Balaban J connectivity index is 2.18. The molecule has 0 aromatic rings. The summed E-state index contributed by atoms with van der Waals surface area (Å²) in [5, 5.41) is 0. The maximum atomic E-state index is 12.2. The molecule has 0 amide bonds. The second kappa shape index (κ2) is 13.2. The van der Waals surface area contributed by atoms with Gasteiger partial charge in [0.05, 0.1) is 7.11 Å². The van der Waals surface area contributed by atoms with Gasteiger partial charge in [0.25, 0.3) is 0 Å². The Morgan fingerprint density at radius 2 is 1.83 bits per heavy atom. The molecular formula is C21H36O3. The molecule has 1 rings (SSSR count). The third-order valence-electron chi connectivity index (χ3n) is 5.13. The number of allylic oxidation sites excluding steroid dienone is 2. The lowest BCUT2D eigenvalue weighted by Crippen LogP contribution is -2.12. The molecule has 138 valence electrons. The van der Waals surface area contributed by atoms with Gasteiger partial charge in [-0.05, 0) is 50.4 Å². The Hall–Kier alpha value is -1.12. The van der Waals surface area contributed by atoms with Gasteiger partial charge in [-0.1, -0.05) is 44.8 Å². The van der Waals surface area contributed by atoms with Crippen molar-refractivity contribution in [3.05, 3.63) is 12.2 Å². The van der Waals surface area contributed by atoms with Crippen molar-refractivity contribution in [1.82, 2.24) is 0 Å². The Morgan fingerprint density at radius 1 is 1.04 bits per heavy atom. The standard InChI is InChI=1S/C21H36O3/c1-3-4-5-6-7-8-12-18-13-11-14-19(18)17-20(22)15-9-10-16-21(23)24-2/h8,12,18-19H,3-7,9-11,13-17H2,1-2H3/b12-8+/t18?,19-/m1/s1. The number of unbranched alkanes of at least 4 members (excludes halogenated alkanes) is 5. The number of carbonyl (C=O) groups excluding carboxylic acids is 2. The molecule has 1 aliphatic rings. The number of carbonyl (C=O) groups is 2. The average Bonchev–Trinajstić information content (AvgIpc) is 3.01. The first-order valence-corrected chi connectivity index (χ1v) is 9.92. The van der Waals surface area contributed by atoms with Gasteiger partial charge in [0.1, 0.15) is 5.78 Å². The molecule has 0 bridgehead atoms. The molecule has 2 atom stereocenters. The molecule has 3 nitrogen and oxygen atoms in total. The van der Waals surface area contributed by atoms with E-state index in [0.29, 0.717) is 30.5 Å². The molecule has 0 aromatic carbocycles. The minimum atomic E-state index is -0.178. The van der Waals surface area contributed by atoms with Crippen LogP contribution in [0.3, 0.4) is 0 Å². The van der Waals surface area contributed by atoms with Crippen molar-refractivity contribution in [3.63, 3.8) is 0 Å². The number of methoxy groups -OCH3 is 1. The number of esters is 1. The normalized spacial score (nSPS) is 20.6. The van der Waals surface area contributed by atoms with E-state index in [0.717, 1.165) is 19.3 Å². The number of ether oxygens (including phenoxy) is 1. The minimum absolute atomic E-state index is 0.178. The van der Waals surface area contributed by atoms with Crippen molar-refractivity contribution >= 4 is 11.8 Å². The van der Waals surface area contributed by atoms with Gasteiger partial charge in [-0.15, -0.1) is 0 Å². The van der Waals surface area contributed by atoms with Crippen LogP contribution in [0.25, 0.3) is 0 Å². The second-order valence-electron chi connectivity index (χ2n) is 7.16. The highest BCUT2D eigenvalue weighted by atomic mass is 16.5. The minimum Gasteiger partial charge on any atom is -0.469 e. The van der Waals surface area contributed by atoms with Gasteiger partial charge in [-0.25, -0.2) is 0 Å². The Kier molecular flexibility index (Phi) is 11.5. The molecule has 0 saturated heterocycles. The van der Waals surface area contributed by atoms with E-state index in [2.05, 4.69) is 23.8 Å². The van der Waals surface area contributed by atoms with Gasteiger partial charge >= 0.3 is 5.97 Å². The number of ketones is 1. The lowest BCUT2D eigenvalue weighted by molar-refractivity contribution is -0.140. The van der Waals surface area contributed by atoms with Crippen LogP contribution in [0.4, 0.5) is 0 Å². The summed E-state index contributed by atoms with van der Waals surface area (Å²) in [6, 6.07) is 0. The Labute approximate surface area is 148 Å². The summed E-state index contributed by atoms with van der Waals surface area (Å²) >= 11 is 0. The Morgan fingerprint density at radius 3 is 2.58 bits per heavy atom. The van der Waals surface area contributed by atoms with Crippen LogP contribution in [0, 0.1) is 11.8 Å². The smallest absolute Gasteiger partial charge is 0.305 e. The van der Waals surface area contributed by atoms with Crippen molar-refractivity contribution in [1.29, 1.82) is 0 Å². The topological polar surface area (TPSA) is 43.4 Å². The summed E-state index contributed by atoms with van der Waals surface area (Å²) in [4.78, 5) is 23.2. The summed E-state index contributed by atoms with van der Waals surface area (Å²) in [7, 11) is 1.41. The summed E-state index contributed by atoms with van der Waals surface area (Å²) in [5.41, 5.74) is 0. The van der Waals surface area contributed by atoms with Crippen LogP contribution in [0.2, 0.25) is 0 Å². The fraction of sp³-hybridized carbons (Fsp3) is 0.810. The lowest BCUT2D eigenvalue weighted by Gasteiger charge is -2.15. The zero-order valence-corrected chi connectivity index (χ0v) is 15.7. The van der Waals surface area contributed by atoms with E-state index in [-0.39, 0.29) is 5.97 Å². The van der Waals surface area contributed by atoms with E-state index in [1.54, 1.807) is 0 Å². The van der Waals surface area contributed by atoms with Gasteiger partial charge < -0.3 is 4.74 Å². The maximum Gasteiger partial charge on any atom is 0.305 e. The van der Waals surface area contributed by atoms with Crippen LogP contribution in [-0.4, -0.2) is 18.9 Å². The van der Waals surface area contributed by atoms with Gasteiger partial charge in [-0.2, -0.15) is 0 Å². The third-order valence-corrected chi connectivity index (χ3v) is 5.13. The highest BCUT2D eigenvalue weighted by Crippen LogP contribution is 2.35. The summed E-state index contributed by atoms with van der Waals surface area (Å²) in [5.74, 6) is 1.34. The number of Topliss-reactive ketones (excluding diaryl/α,β-unsaturated/α-hetero) is 1. The molecule has 0 heterocycles. The van der Waals surface area contributed by atoms with E-state index in [9.17, 15) is 9.59 Å². The molecule has 0 aliphatic heterocycles. The van der Waals surface area contributed by atoms with Crippen LogP contribution in [0.15, 0.2) is 12.2 Å². The van der Waals surface area contributed by atoms with Crippen molar-refractivity contribution in [2.75, 3.05) is 7.11 Å². The molecule has 0 spiro atoms. The first kappa shape index (κ1) is 20.9. The summed E-state index contributed by atoms with van der Waals surface area (Å²) < 4.78 is 4.62. The first-order chi connectivity index (χ1) is 11.7. The molecule has 0 N–H and O–H groups in total. The van der Waals surface area contributed by atoms with Crippen LogP contribution < -0.4 is 0 Å². The molecule has 1 saturated carbocycles. The fourth-order valence-corrected chi connectivity index (χ4v) is 3.62. The van der Waals surface area contributed by atoms with Crippen LogP contribution in [0.5, 0.6) is 0 Å². The molecule has 1 fully saturated rings. The van der Waals surface area contributed by atoms with E-state index < -0.39 is 0 Å². The zero-order chi connectivity index (χ0) is 17.6. The second-order valence-corrected chi connectivity index (χ2v) is 7.16. The highest BCUT2D eigenvalue weighted by molar-refractivity contribution is 5.78. The SMILES string of the molecule is CCCCCC/C=C/C1CCC[C@@H]1CC(=O)CCCCC(=O)OC. The molecule has 1 aliphatic carbocycles. The van der Waals surface area contributed by atoms with Crippen molar-refractivity contribution < 1.29 is 14.3 Å². The number of hydrogen-bond acceptors (Lipinski definition) is 3. The van der Waals surface area contributed by atoms with Gasteiger partial charge in [-0.3, -0.25) is 9.59 Å². The third kappa shape index (κ3) is 9.24. The predicted octanol–water partition coefficient (Wildman–Crippen LogP) is 5.62. The average molecular weight is 337 g/mol.